The van der Waals surface area contributed by atoms with Gasteiger partial charge in [-0.3, -0.25) is 5.32 Å². The summed E-state index contributed by atoms with van der Waals surface area (Å²) in [4.78, 5) is 18.6. The van der Waals surface area contributed by atoms with Gasteiger partial charge in [-0.05, 0) is 70.9 Å². The normalized spacial score (nSPS) is 16.7. The molecule has 15 heteroatoms. The van der Waals surface area contributed by atoms with Crippen LogP contribution in [-0.2, 0) is 27.9 Å². The molecule has 1 aliphatic heterocycles. The maximum Gasteiger partial charge on any atom is 0.426 e. The quantitative estimate of drug-likeness (QED) is 0.139. The molecule has 0 aliphatic carbocycles. The van der Waals surface area contributed by atoms with Crippen molar-refractivity contribution in [1.29, 1.82) is 0 Å². The zero-order chi connectivity index (χ0) is 36.0. The number of benzene rings is 1. The van der Waals surface area contributed by atoms with E-state index < -0.39 is 77.2 Å². The highest BCUT2D eigenvalue weighted by Gasteiger charge is 2.61. The summed E-state index contributed by atoms with van der Waals surface area (Å²) in [7, 11) is 0. The SMILES string of the molecule is C=CCCC1CCCN1c1nc(-c2nnc(C(CCC=C)(OCc3ccccc3)C(F)(F)F)o2)c(NC(=O)OC(C)(C)C)cc1C(F)(F)F. The Kier molecular flexibility index (Phi) is 11.5. The van der Waals surface area contributed by atoms with Crippen molar-refractivity contribution < 1.29 is 45.0 Å². The summed E-state index contributed by atoms with van der Waals surface area (Å²) in [6.07, 6.45) is -6.88. The standard InChI is InChI=1S/C34H39F6N5O4/c1-6-8-16-23-17-13-19-45(23)27-24(33(35,36)37)20-25(41-30(46)49-31(3,4)5)26(42-27)28-43-44-29(48-28)32(18-9-7-2,34(38,39)40)47-21-22-14-11-10-12-15-22/h6-7,10-12,14-15,20,23H,1-2,8-9,13,16-19,21H2,3-5H3,(H,41,46). The second kappa shape index (κ2) is 15.0. The number of allylic oxidation sites excluding steroid dienone is 2. The van der Waals surface area contributed by atoms with Crippen LogP contribution in [0.15, 0.2) is 66.1 Å². The van der Waals surface area contributed by atoms with Gasteiger partial charge in [0.1, 0.15) is 17.0 Å². The van der Waals surface area contributed by atoms with Gasteiger partial charge in [0.05, 0.1) is 12.3 Å². The van der Waals surface area contributed by atoms with Crippen molar-refractivity contribution in [3.8, 4) is 11.6 Å². The molecule has 4 rings (SSSR count). The van der Waals surface area contributed by atoms with Crippen LogP contribution in [0.5, 0.6) is 0 Å². The van der Waals surface area contributed by atoms with E-state index in [9.17, 15) is 31.1 Å². The van der Waals surface area contributed by atoms with Crippen molar-refractivity contribution >= 4 is 17.6 Å². The number of carbonyl (C=O) groups is 1. The first kappa shape index (κ1) is 37.4. The van der Waals surface area contributed by atoms with E-state index in [0.717, 1.165) is 0 Å². The molecule has 9 nitrogen and oxygen atoms in total. The molecule has 2 unspecified atom stereocenters. The molecule has 0 bridgehead atoms. The number of amides is 1. The highest BCUT2D eigenvalue weighted by atomic mass is 19.4. The van der Waals surface area contributed by atoms with E-state index in [-0.39, 0.29) is 19.0 Å². The predicted octanol–water partition coefficient (Wildman–Crippen LogP) is 9.37. The lowest BCUT2D eigenvalue weighted by molar-refractivity contribution is -0.299. The van der Waals surface area contributed by atoms with Crippen molar-refractivity contribution in [2.45, 2.75) is 95.5 Å². The third-order valence-corrected chi connectivity index (χ3v) is 7.76. The van der Waals surface area contributed by atoms with Gasteiger partial charge in [0, 0.05) is 12.6 Å². The van der Waals surface area contributed by atoms with Gasteiger partial charge in [0.15, 0.2) is 5.69 Å². The minimum absolute atomic E-state index is 0.165. The summed E-state index contributed by atoms with van der Waals surface area (Å²) >= 11 is 0. The zero-order valence-electron chi connectivity index (χ0n) is 27.5. The van der Waals surface area contributed by atoms with Crippen LogP contribution in [0.25, 0.3) is 11.6 Å². The monoisotopic (exact) mass is 695 g/mol. The summed E-state index contributed by atoms with van der Waals surface area (Å²) < 4.78 is 105. The highest BCUT2D eigenvalue weighted by molar-refractivity contribution is 5.90. The second-order valence-electron chi connectivity index (χ2n) is 12.6. The van der Waals surface area contributed by atoms with Crippen LogP contribution >= 0.6 is 0 Å². The molecule has 266 valence electrons. The lowest BCUT2D eigenvalue weighted by atomic mass is 9.96. The molecular weight excluding hydrogens is 656 g/mol. The summed E-state index contributed by atoms with van der Waals surface area (Å²) in [6, 6.07) is 8.45. The van der Waals surface area contributed by atoms with E-state index in [2.05, 4.69) is 33.7 Å². The Balaban J connectivity index is 1.90. The molecule has 0 saturated carbocycles. The summed E-state index contributed by atoms with van der Waals surface area (Å²) in [5.41, 5.74) is -5.94. The third kappa shape index (κ3) is 8.99. The fourth-order valence-electron chi connectivity index (χ4n) is 5.48. The fraction of sp³-hybridized carbons (Fsp3) is 0.471. The van der Waals surface area contributed by atoms with E-state index in [4.69, 9.17) is 13.9 Å². The number of carbonyl (C=O) groups excluding carboxylic acids is 1. The minimum atomic E-state index is -5.08. The molecule has 3 aromatic rings. The average Bonchev–Trinajstić information content (AvgIpc) is 3.69. The van der Waals surface area contributed by atoms with Crippen LogP contribution in [0.4, 0.5) is 42.6 Å². The lowest BCUT2D eigenvalue weighted by Crippen LogP contribution is -2.45. The Morgan fingerprint density at radius 1 is 1.06 bits per heavy atom. The van der Waals surface area contributed by atoms with Gasteiger partial charge < -0.3 is 18.8 Å². The van der Waals surface area contributed by atoms with E-state index in [0.29, 0.717) is 37.3 Å². The second-order valence-corrected chi connectivity index (χ2v) is 12.6. The molecule has 2 atom stereocenters. The lowest BCUT2D eigenvalue weighted by Gasteiger charge is -2.32. The molecule has 1 aliphatic rings. The zero-order valence-corrected chi connectivity index (χ0v) is 27.5. The van der Waals surface area contributed by atoms with E-state index in [1.807, 2.05) is 0 Å². The fourth-order valence-corrected chi connectivity index (χ4v) is 5.48. The van der Waals surface area contributed by atoms with Crippen molar-refractivity contribution in [3.05, 3.63) is 78.7 Å². The number of hydrogen-bond acceptors (Lipinski definition) is 8. The molecule has 0 spiro atoms. The Bertz CT molecular complexity index is 1600. The highest BCUT2D eigenvalue weighted by Crippen LogP contribution is 2.48. The summed E-state index contributed by atoms with van der Waals surface area (Å²) in [5, 5.41) is 9.76. The minimum Gasteiger partial charge on any atom is -0.444 e. The van der Waals surface area contributed by atoms with Gasteiger partial charge in [-0.2, -0.15) is 26.3 Å². The molecule has 1 amide bonds. The van der Waals surface area contributed by atoms with Crippen LogP contribution in [-0.4, -0.2) is 45.6 Å². The number of nitrogens with zero attached hydrogens (tertiary/aromatic N) is 4. The maximum atomic E-state index is 15.0. The van der Waals surface area contributed by atoms with Gasteiger partial charge in [-0.25, -0.2) is 9.78 Å². The average molecular weight is 696 g/mol. The van der Waals surface area contributed by atoms with Crippen LogP contribution in [0.2, 0.25) is 0 Å². The first-order valence-electron chi connectivity index (χ1n) is 15.7. The van der Waals surface area contributed by atoms with Gasteiger partial charge in [-0.15, -0.1) is 23.4 Å². The molecule has 1 aromatic carbocycles. The number of nitrogens with one attached hydrogen (secondary N) is 1. The molecule has 49 heavy (non-hydrogen) atoms. The van der Waals surface area contributed by atoms with E-state index in [1.54, 1.807) is 57.2 Å². The number of pyridine rings is 1. The first-order valence-corrected chi connectivity index (χ1v) is 15.7. The van der Waals surface area contributed by atoms with Crippen LogP contribution in [0, 0.1) is 0 Å². The van der Waals surface area contributed by atoms with Gasteiger partial charge in [-0.1, -0.05) is 42.5 Å². The van der Waals surface area contributed by atoms with Gasteiger partial charge in [0.2, 0.25) is 5.60 Å². The molecule has 1 saturated heterocycles. The molecule has 1 fully saturated rings. The van der Waals surface area contributed by atoms with Crippen molar-refractivity contribution in [2.24, 2.45) is 0 Å². The van der Waals surface area contributed by atoms with E-state index >= 15 is 0 Å². The maximum absolute atomic E-state index is 15.0. The number of alkyl halides is 6. The Morgan fingerprint density at radius 2 is 1.76 bits per heavy atom. The number of hydrogen-bond donors (Lipinski definition) is 1. The Hall–Kier alpha value is -4.40. The molecule has 3 heterocycles. The van der Waals surface area contributed by atoms with Crippen molar-refractivity contribution in [3.63, 3.8) is 0 Å². The number of halogens is 6. The van der Waals surface area contributed by atoms with Crippen LogP contribution < -0.4 is 10.2 Å². The molecule has 1 N–H and O–H groups in total. The molecule has 0 radical (unpaired) electrons. The first-order chi connectivity index (χ1) is 23.0. The van der Waals surface area contributed by atoms with Crippen molar-refractivity contribution in [1.82, 2.24) is 15.2 Å². The molecular formula is C34H39F6N5O4. The topological polar surface area (TPSA) is 103 Å². The largest absolute Gasteiger partial charge is 0.444 e. The third-order valence-electron chi connectivity index (χ3n) is 7.76. The predicted molar refractivity (Wildman–Crippen MR) is 171 cm³/mol. The van der Waals surface area contributed by atoms with Crippen LogP contribution in [0.3, 0.4) is 0 Å². The summed E-state index contributed by atoms with van der Waals surface area (Å²) in [5.74, 6) is -2.16. The van der Waals surface area contributed by atoms with E-state index in [1.165, 1.54) is 11.0 Å². The number of ether oxygens (including phenoxy) is 2. The molecule has 2 aromatic heterocycles. The Labute approximate surface area is 280 Å². The number of aromatic nitrogens is 3. The smallest absolute Gasteiger partial charge is 0.426 e. The van der Waals surface area contributed by atoms with Gasteiger partial charge in [0.25, 0.3) is 11.8 Å². The summed E-state index contributed by atoms with van der Waals surface area (Å²) in [6.45, 7) is 11.6. The Morgan fingerprint density at radius 3 is 2.37 bits per heavy atom. The number of anilines is 2. The van der Waals surface area contributed by atoms with Crippen molar-refractivity contribution in [2.75, 3.05) is 16.8 Å². The van der Waals surface area contributed by atoms with Gasteiger partial charge >= 0.3 is 18.4 Å². The van der Waals surface area contributed by atoms with Crippen LogP contribution in [0.1, 0.15) is 76.3 Å². The number of rotatable bonds is 13.